The van der Waals surface area contributed by atoms with Crippen molar-refractivity contribution in [3.63, 3.8) is 0 Å². The van der Waals surface area contributed by atoms with Gasteiger partial charge in [-0.05, 0) is 47.7 Å². The third-order valence-corrected chi connectivity index (χ3v) is 7.52. The molecule has 1 aromatic heterocycles. The fraction of sp³-hybridized carbons (Fsp3) is 0.429. The van der Waals surface area contributed by atoms with Gasteiger partial charge in [0.25, 0.3) is 5.91 Å². The number of aromatic nitrogens is 1. The predicted octanol–water partition coefficient (Wildman–Crippen LogP) is 5.80. The smallest absolute Gasteiger partial charge is 0.254 e. The normalized spacial score (nSPS) is 15.0. The standard InChI is InChI=1S/C35H46N4O3/c1-4-19-37-20-22-38(23-21-37)34(30-12-8-7-9-13-30)31-14-16-32(17-15-31)35(40)39(27-29-11-10-18-36-26-29)28-33(41-24-5-2)42-25-6-3/h4,7-18,26,33-34H,1,5-6,19-25,27-28H2,2-3H3. The summed E-state index contributed by atoms with van der Waals surface area (Å²) in [5, 5.41) is 0. The molecular weight excluding hydrogens is 524 g/mol. The molecule has 3 aromatic rings. The van der Waals surface area contributed by atoms with Gasteiger partial charge in [-0.2, -0.15) is 0 Å². The molecule has 0 N–H and O–H groups in total. The van der Waals surface area contributed by atoms with Crippen molar-refractivity contribution in [3.05, 3.63) is 114 Å². The first-order valence-corrected chi connectivity index (χ1v) is 15.3. The largest absolute Gasteiger partial charge is 0.351 e. The molecule has 4 rings (SSSR count). The van der Waals surface area contributed by atoms with Crippen molar-refractivity contribution >= 4 is 5.91 Å². The lowest BCUT2D eigenvalue weighted by Crippen LogP contribution is -2.47. The zero-order valence-electron chi connectivity index (χ0n) is 25.2. The van der Waals surface area contributed by atoms with Gasteiger partial charge >= 0.3 is 0 Å². The number of hydrogen-bond donors (Lipinski definition) is 0. The summed E-state index contributed by atoms with van der Waals surface area (Å²) in [6.45, 7) is 14.9. The van der Waals surface area contributed by atoms with E-state index in [0.29, 0.717) is 31.9 Å². The number of carbonyl (C=O) groups excluding carboxylic acids is 1. The van der Waals surface area contributed by atoms with E-state index in [-0.39, 0.29) is 11.9 Å². The maximum atomic E-state index is 14.0. The molecule has 0 aliphatic carbocycles. The Bertz CT molecular complexity index is 1190. The van der Waals surface area contributed by atoms with Gasteiger partial charge in [-0.15, -0.1) is 6.58 Å². The fourth-order valence-electron chi connectivity index (χ4n) is 5.39. The quantitative estimate of drug-likeness (QED) is 0.160. The second kappa shape index (κ2) is 16.9. The minimum Gasteiger partial charge on any atom is -0.351 e. The number of ether oxygens (including phenoxy) is 2. The highest BCUT2D eigenvalue weighted by atomic mass is 16.7. The average Bonchev–Trinajstić information content (AvgIpc) is 3.04. The second-order valence-corrected chi connectivity index (χ2v) is 10.8. The lowest BCUT2D eigenvalue weighted by molar-refractivity contribution is -0.150. The lowest BCUT2D eigenvalue weighted by Gasteiger charge is -2.39. The number of pyridine rings is 1. The number of rotatable bonds is 16. The van der Waals surface area contributed by atoms with Crippen LogP contribution in [0.4, 0.5) is 0 Å². The van der Waals surface area contributed by atoms with Crippen molar-refractivity contribution in [1.29, 1.82) is 0 Å². The Morgan fingerprint density at radius 2 is 1.60 bits per heavy atom. The van der Waals surface area contributed by atoms with Gasteiger partial charge in [-0.3, -0.25) is 19.6 Å². The second-order valence-electron chi connectivity index (χ2n) is 10.8. The molecule has 1 atom stereocenters. The molecule has 7 nitrogen and oxygen atoms in total. The first-order valence-electron chi connectivity index (χ1n) is 15.3. The molecule has 1 aliphatic rings. The Morgan fingerprint density at radius 1 is 0.929 bits per heavy atom. The molecule has 7 heteroatoms. The van der Waals surface area contributed by atoms with E-state index in [0.717, 1.165) is 51.1 Å². The summed E-state index contributed by atoms with van der Waals surface area (Å²) in [6, 6.07) is 22.8. The minimum absolute atomic E-state index is 0.0510. The van der Waals surface area contributed by atoms with Crippen molar-refractivity contribution in [2.45, 2.75) is 45.6 Å². The average molecular weight is 571 g/mol. The van der Waals surface area contributed by atoms with E-state index in [1.165, 1.54) is 11.1 Å². The summed E-state index contributed by atoms with van der Waals surface area (Å²) in [6.07, 6.45) is 6.82. The Balaban J connectivity index is 1.56. The van der Waals surface area contributed by atoms with Crippen LogP contribution in [-0.2, 0) is 16.0 Å². The van der Waals surface area contributed by atoms with E-state index in [1.807, 2.05) is 35.2 Å². The van der Waals surface area contributed by atoms with Crippen LogP contribution >= 0.6 is 0 Å². The summed E-state index contributed by atoms with van der Waals surface area (Å²) in [5.41, 5.74) is 4.06. The van der Waals surface area contributed by atoms with Crippen LogP contribution in [0.2, 0.25) is 0 Å². The molecule has 42 heavy (non-hydrogen) atoms. The van der Waals surface area contributed by atoms with Crippen molar-refractivity contribution in [2.24, 2.45) is 0 Å². The Kier molecular flexibility index (Phi) is 12.7. The van der Waals surface area contributed by atoms with E-state index < -0.39 is 6.29 Å². The molecule has 2 aromatic carbocycles. The summed E-state index contributed by atoms with van der Waals surface area (Å²) in [4.78, 5) is 25.0. The molecule has 2 heterocycles. The molecule has 1 amide bonds. The van der Waals surface area contributed by atoms with Crippen LogP contribution in [0.5, 0.6) is 0 Å². The topological polar surface area (TPSA) is 58.1 Å². The van der Waals surface area contributed by atoms with Crippen LogP contribution in [0.3, 0.4) is 0 Å². The van der Waals surface area contributed by atoms with Gasteiger partial charge in [-0.1, -0.05) is 68.5 Å². The third kappa shape index (κ3) is 9.07. The van der Waals surface area contributed by atoms with E-state index in [4.69, 9.17) is 9.47 Å². The maximum Gasteiger partial charge on any atom is 0.254 e. The summed E-state index contributed by atoms with van der Waals surface area (Å²) in [5.74, 6) is -0.0510. The Labute approximate surface area is 251 Å². The molecule has 0 radical (unpaired) electrons. The minimum atomic E-state index is -0.480. The monoisotopic (exact) mass is 570 g/mol. The number of hydrogen-bond acceptors (Lipinski definition) is 6. The number of nitrogens with zero attached hydrogens (tertiary/aromatic N) is 4. The molecule has 1 fully saturated rings. The van der Waals surface area contributed by atoms with Crippen LogP contribution in [0.25, 0.3) is 0 Å². The van der Waals surface area contributed by atoms with Crippen LogP contribution < -0.4 is 0 Å². The first-order chi connectivity index (χ1) is 20.6. The van der Waals surface area contributed by atoms with E-state index in [9.17, 15) is 4.79 Å². The lowest BCUT2D eigenvalue weighted by atomic mass is 9.95. The number of benzene rings is 2. The van der Waals surface area contributed by atoms with Gasteiger partial charge in [0.05, 0.1) is 12.6 Å². The van der Waals surface area contributed by atoms with Crippen molar-refractivity contribution < 1.29 is 14.3 Å². The third-order valence-electron chi connectivity index (χ3n) is 7.52. The molecule has 1 aliphatic heterocycles. The van der Waals surface area contributed by atoms with Crippen LogP contribution in [0, 0.1) is 0 Å². The van der Waals surface area contributed by atoms with Crippen LogP contribution in [0.15, 0.2) is 91.8 Å². The number of piperazine rings is 1. The highest BCUT2D eigenvalue weighted by molar-refractivity contribution is 5.94. The highest BCUT2D eigenvalue weighted by Gasteiger charge is 2.27. The van der Waals surface area contributed by atoms with Gasteiger partial charge in [0.2, 0.25) is 0 Å². The molecule has 0 saturated carbocycles. The van der Waals surface area contributed by atoms with Crippen molar-refractivity contribution in [1.82, 2.24) is 19.7 Å². The first kappa shape index (κ1) is 31.6. The number of carbonyl (C=O) groups is 1. The highest BCUT2D eigenvalue weighted by Crippen LogP contribution is 2.30. The van der Waals surface area contributed by atoms with Crippen LogP contribution in [-0.4, -0.2) is 84.4 Å². The molecule has 224 valence electrons. The molecular formula is C35H46N4O3. The predicted molar refractivity (Wildman–Crippen MR) is 168 cm³/mol. The van der Waals surface area contributed by atoms with E-state index in [1.54, 1.807) is 12.4 Å². The molecule has 0 spiro atoms. The summed E-state index contributed by atoms with van der Waals surface area (Å²) < 4.78 is 12.0. The zero-order valence-corrected chi connectivity index (χ0v) is 25.2. The van der Waals surface area contributed by atoms with Gasteiger partial charge in [-0.25, -0.2) is 0 Å². The van der Waals surface area contributed by atoms with Crippen LogP contribution in [0.1, 0.15) is 59.8 Å². The SMILES string of the molecule is C=CCN1CCN(C(c2ccccc2)c2ccc(C(=O)N(Cc3cccnc3)CC(OCCC)OCCC)cc2)CC1. The van der Waals surface area contributed by atoms with E-state index >= 15 is 0 Å². The molecule has 1 saturated heterocycles. The van der Waals surface area contributed by atoms with Gasteiger partial charge in [0.15, 0.2) is 6.29 Å². The summed E-state index contributed by atoms with van der Waals surface area (Å²) in [7, 11) is 0. The molecule has 1 unspecified atom stereocenters. The van der Waals surface area contributed by atoms with Gasteiger partial charge in [0.1, 0.15) is 0 Å². The zero-order chi connectivity index (χ0) is 29.6. The fourth-order valence-corrected chi connectivity index (χ4v) is 5.39. The Hall–Kier alpha value is -3.36. The van der Waals surface area contributed by atoms with Gasteiger partial charge < -0.3 is 14.4 Å². The maximum absolute atomic E-state index is 14.0. The summed E-state index contributed by atoms with van der Waals surface area (Å²) >= 11 is 0. The Morgan fingerprint density at radius 3 is 2.19 bits per heavy atom. The molecule has 0 bridgehead atoms. The van der Waals surface area contributed by atoms with Gasteiger partial charge in [0, 0.05) is 70.4 Å². The van der Waals surface area contributed by atoms with Crippen molar-refractivity contribution in [3.8, 4) is 0 Å². The van der Waals surface area contributed by atoms with Crippen molar-refractivity contribution in [2.75, 3.05) is 52.5 Å². The van der Waals surface area contributed by atoms with E-state index in [2.05, 4.69) is 77.7 Å². The number of amides is 1.